The fourth-order valence-corrected chi connectivity index (χ4v) is 5.38. The van der Waals surface area contributed by atoms with Crippen LogP contribution in [-0.4, -0.2) is 78.0 Å². The van der Waals surface area contributed by atoms with E-state index >= 15 is 0 Å². The Labute approximate surface area is 321 Å². The maximum absolute atomic E-state index is 13.7. The number of ether oxygens (including phenoxy) is 3. The van der Waals surface area contributed by atoms with Gasteiger partial charge in [0.15, 0.2) is 0 Å². The highest BCUT2D eigenvalue weighted by atomic mass is 16.6. The number of carbonyl (C=O) groups is 5. The molecular formula is C40H77N5O8. The summed E-state index contributed by atoms with van der Waals surface area (Å²) in [5.74, 6) is -1.49. The van der Waals surface area contributed by atoms with Crippen LogP contribution in [0.1, 0.15) is 178 Å². The molecule has 13 nitrogen and oxygen atoms in total. The summed E-state index contributed by atoms with van der Waals surface area (Å²) in [4.78, 5) is 64.1. The molecule has 0 aromatic heterocycles. The number of hydrogen-bond donors (Lipinski definition) is 5. The van der Waals surface area contributed by atoms with Crippen molar-refractivity contribution in [3.63, 3.8) is 0 Å². The summed E-state index contributed by atoms with van der Waals surface area (Å²) in [5, 5.41) is 11.1. The predicted molar refractivity (Wildman–Crippen MR) is 210 cm³/mol. The molecule has 0 fully saturated rings. The molecule has 1 unspecified atom stereocenters. The zero-order valence-corrected chi connectivity index (χ0v) is 35.0. The van der Waals surface area contributed by atoms with Crippen LogP contribution in [0.15, 0.2) is 0 Å². The molecule has 0 aromatic carbocycles. The van der Waals surface area contributed by atoms with E-state index in [0.717, 1.165) is 25.7 Å². The van der Waals surface area contributed by atoms with Crippen LogP contribution in [0.3, 0.4) is 0 Å². The summed E-state index contributed by atoms with van der Waals surface area (Å²) in [6, 6.07) is -2.70. The van der Waals surface area contributed by atoms with Crippen molar-refractivity contribution in [1.29, 1.82) is 0 Å². The van der Waals surface area contributed by atoms with E-state index in [4.69, 9.17) is 19.9 Å². The fraction of sp³-hybridized carbons (Fsp3) is 0.875. The molecule has 0 aliphatic rings. The molecule has 0 heterocycles. The summed E-state index contributed by atoms with van der Waals surface area (Å²) >= 11 is 0. The van der Waals surface area contributed by atoms with Crippen molar-refractivity contribution in [1.82, 2.24) is 21.3 Å². The van der Waals surface area contributed by atoms with Crippen LogP contribution in [0.5, 0.6) is 0 Å². The van der Waals surface area contributed by atoms with E-state index in [-0.39, 0.29) is 6.42 Å². The van der Waals surface area contributed by atoms with Gasteiger partial charge in [0, 0.05) is 13.1 Å². The Kier molecular flexibility index (Phi) is 25.1. The van der Waals surface area contributed by atoms with Gasteiger partial charge < -0.3 is 41.2 Å². The lowest BCUT2D eigenvalue weighted by Gasteiger charge is -2.27. The molecule has 3 atom stereocenters. The average Bonchev–Trinajstić information content (AvgIpc) is 3.01. The molecule has 13 heteroatoms. The molecule has 0 rings (SSSR count). The first kappa shape index (κ1) is 49.9. The Hall–Kier alpha value is -3.09. The Bertz CT molecular complexity index is 1060. The second kappa shape index (κ2) is 26.6. The van der Waals surface area contributed by atoms with E-state index in [1.807, 2.05) is 0 Å². The standard InChI is InChI=1S/C40H77N5O8/c1-11-12-13-14-15-16-17-18-19-20-27-32(35(48)51-38(2,3)4)45-34(47)31(26-22-24-29-43-37(50)53-40(8,9)10)44-33(46)30(41)25-21-23-28-42-36(49)52-39(5,6)7/h30-32H,11-29,41H2,1-10H3,(H,42,49)(H,43,50)(H,44,46)(H,45,47)/t30-,31-,32?/m0/s1. The van der Waals surface area contributed by atoms with Crippen LogP contribution in [-0.2, 0) is 28.6 Å². The lowest BCUT2D eigenvalue weighted by Crippen LogP contribution is -2.55. The summed E-state index contributed by atoms with van der Waals surface area (Å²) < 4.78 is 16.2. The number of hydrogen-bond acceptors (Lipinski definition) is 9. The first-order valence-electron chi connectivity index (χ1n) is 20.2. The van der Waals surface area contributed by atoms with Crippen molar-refractivity contribution in [2.45, 2.75) is 213 Å². The van der Waals surface area contributed by atoms with Crippen molar-refractivity contribution in [2.24, 2.45) is 5.73 Å². The van der Waals surface area contributed by atoms with Gasteiger partial charge in [0.05, 0.1) is 6.04 Å². The summed E-state index contributed by atoms with van der Waals surface area (Å²) in [6.07, 6.45) is 13.6. The van der Waals surface area contributed by atoms with E-state index in [1.165, 1.54) is 38.5 Å². The third-order valence-electron chi connectivity index (χ3n) is 8.02. The molecule has 0 aromatic rings. The zero-order chi connectivity index (χ0) is 40.5. The second-order valence-corrected chi connectivity index (χ2v) is 17.1. The number of nitrogens with one attached hydrogen (secondary N) is 4. The van der Waals surface area contributed by atoms with Crippen molar-refractivity contribution in [3.05, 3.63) is 0 Å². The molecule has 6 N–H and O–H groups in total. The monoisotopic (exact) mass is 756 g/mol. The molecule has 0 aliphatic heterocycles. The number of alkyl carbamates (subject to hydrolysis) is 2. The van der Waals surface area contributed by atoms with Gasteiger partial charge in [-0.1, -0.05) is 71.1 Å². The van der Waals surface area contributed by atoms with Crippen LogP contribution < -0.4 is 27.0 Å². The van der Waals surface area contributed by atoms with Gasteiger partial charge in [-0.2, -0.15) is 0 Å². The SMILES string of the molecule is CCCCCCCCCCCCC(NC(=O)[C@H](CCCCNC(=O)OC(C)(C)C)NC(=O)[C@@H](N)CCCCNC(=O)OC(C)(C)C)C(=O)OC(C)(C)C. The van der Waals surface area contributed by atoms with Gasteiger partial charge in [-0.25, -0.2) is 14.4 Å². The van der Waals surface area contributed by atoms with E-state index in [0.29, 0.717) is 51.6 Å². The van der Waals surface area contributed by atoms with Gasteiger partial charge >= 0.3 is 18.2 Å². The van der Waals surface area contributed by atoms with Crippen molar-refractivity contribution in [2.75, 3.05) is 13.1 Å². The van der Waals surface area contributed by atoms with E-state index in [1.54, 1.807) is 62.3 Å². The quantitative estimate of drug-likeness (QED) is 0.0342. The minimum atomic E-state index is -0.957. The van der Waals surface area contributed by atoms with Crippen LogP contribution >= 0.6 is 0 Å². The molecule has 0 aliphatic carbocycles. The van der Waals surface area contributed by atoms with E-state index < -0.39 is 64.9 Å². The Balaban J connectivity index is 5.39. The molecule has 0 saturated heterocycles. The number of esters is 1. The van der Waals surface area contributed by atoms with Crippen molar-refractivity contribution >= 4 is 30.0 Å². The predicted octanol–water partition coefficient (Wildman–Crippen LogP) is 7.33. The van der Waals surface area contributed by atoms with E-state index in [2.05, 4.69) is 28.2 Å². The summed E-state index contributed by atoms with van der Waals surface area (Å²) in [5.41, 5.74) is 4.27. The van der Waals surface area contributed by atoms with Crippen LogP contribution in [0.25, 0.3) is 0 Å². The summed E-state index contributed by atoms with van der Waals surface area (Å²) in [7, 11) is 0. The van der Waals surface area contributed by atoms with Gasteiger partial charge in [-0.15, -0.1) is 0 Å². The Morgan fingerprint density at radius 1 is 0.491 bits per heavy atom. The number of carbonyl (C=O) groups excluding carboxylic acids is 5. The number of amides is 4. The number of nitrogens with two attached hydrogens (primary N) is 1. The van der Waals surface area contributed by atoms with Crippen LogP contribution in [0.4, 0.5) is 9.59 Å². The molecule has 0 saturated carbocycles. The molecular weight excluding hydrogens is 678 g/mol. The highest BCUT2D eigenvalue weighted by Crippen LogP contribution is 2.16. The highest BCUT2D eigenvalue weighted by Gasteiger charge is 2.30. The number of unbranched alkanes of at least 4 members (excludes halogenated alkanes) is 11. The molecule has 4 amide bonds. The normalized spacial score (nSPS) is 13.6. The lowest BCUT2D eigenvalue weighted by atomic mass is 10.0. The third kappa shape index (κ3) is 30.0. The summed E-state index contributed by atoms with van der Waals surface area (Å²) in [6.45, 7) is 19.0. The second-order valence-electron chi connectivity index (χ2n) is 17.1. The highest BCUT2D eigenvalue weighted by molar-refractivity contribution is 5.92. The largest absolute Gasteiger partial charge is 0.458 e. The van der Waals surface area contributed by atoms with Gasteiger partial charge in [0.25, 0.3) is 0 Å². The number of rotatable bonds is 26. The third-order valence-corrected chi connectivity index (χ3v) is 8.02. The molecule has 0 bridgehead atoms. The Morgan fingerprint density at radius 2 is 0.868 bits per heavy atom. The van der Waals surface area contributed by atoms with Crippen molar-refractivity contribution in [3.8, 4) is 0 Å². The van der Waals surface area contributed by atoms with Gasteiger partial charge in [-0.05, 0) is 107 Å². The van der Waals surface area contributed by atoms with Crippen molar-refractivity contribution < 1.29 is 38.2 Å². The first-order chi connectivity index (χ1) is 24.6. The zero-order valence-electron chi connectivity index (χ0n) is 35.0. The van der Waals surface area contributed by atoms with Crippen LogP contribution in [0, 0.1) is 0 Å². The Morgan fingerprint density at radius 3 is 1.32 bits per heavy atom. The maximum atomic E-state index is 13.7. The average molecular weight is 756 g/mol. The molecule has 0 spiro atoms. The minimum Gasteiger partial charge on any atom is -0.458 e. The molecule has 53 heavy (non-hydrogen) atoms. The maximum Gasteiger partial charge on any atom is 0.407 e. The molecule has 0 radical (unpaired) electrons. The topological polar surface area (TPSA) is 187 Å². The van der Waals surface area contributed by atoms with Gasteiger partial charge in [0.1, 0.15) is 28.9 Å². The minimum absolute atomic E-state index is 0.263. The fourth-order valence-electron chi connectivity index (χ4n) is 5.38. The first-order valence-corrected chi connectivity index (χ1v) is 20.2. The molecule has 310 valence electrons. The van der Waals surface area contributed by atoms with E-state index in [9.17, 15) is 24.0 Å². The lowest BCUT2D eigenvalue weighted by molar-refractivity contribution is -0.159. The van der Waals surface area contributed by atoms with Gasteiger partial charge in [0.2, 0.25) is 11.8 Å². The van der Waals surface area contributed by atoms with Gasteiger partial charge in [-0.3, -0.25) is 9.59 Å². The smallest absolute Gasteiger partial charge is 0.407 e. The van der Waals surface area contributed by atoms with Crippen LogP contribution in [0.2, 0.25) is 0 Å².